The summed E-state index contributed by atoms with van der Waals surface area (Å²) in [5.41, 5.74) is 0. The summed E-state index contributed by atoms with van der Waals surface area (Å²) in [7, 11) is -2.31. The van der Waals surface area contributed by atoms with Gasteiger partial charge in [-0.15, -0.1) is 0 Å². The third-order valence-corrected chi connectivity index (χ3v) is 16.5. The first-order valence-corrected chi connectivity index (χ1v) is 19.2. The summed E-state index contributed by atoms with van der Waals surface area (Å²) in [4.78, 5) is 0. The third-order valence-electron chi connectivity index (χ3n) is 7.02. The largest absolute Gasteiger partial charge is 5.00 e. The minimum absolute atomic E-state index is 0. The third kappa shape index (κ3) is 12.7. The molecule has 0 aliphatic carbocycles. The van der Waals surface area contributed by atoms with Crippen molar-refractivity contribution in [1.82, 2.24) is 0 Å². The normalized spacial score (nSPS) is 9.66. The van der Waals surface area contributed by atoms with Crippen molar-refractivity contribution in [2.75, 3.05) is 24.6 Å². The number of hydrogen-bond acceptors (Lipinski definition) is 0. The maximum atomic E-state index is 7.50. The van der Waals surface area contributed by atoms with E-state index >= 15 is 0 Å². The summed E-state index contributed by atoms with van der Waals surface area (Å²) in [6, 6.07) is 56.5. The van der Waals surface area contributed by atoms with Crippen LogP contribution in [-0.2, 0) is 33.4 Å². The maximum absolute atomic E-state index is 7.50. The van der Waals surface area contributed by atoms with Crippen molar-refractivity contribution in [3.8, 4) is 0 Å². The standard InChI is InChI=1S/C34H33P3.3CO.Ru/c1-6-16-30(17-7-1)35(26-28-36(31-18-8-2-9-19-31)32-20-10-3-11-21-32)27-29-37(33-22-12-4-13-23-33)34-24-14-5-15-25-34;3*1-2;/h1-25H,26-29H2;;;;/q;;;;+5/p+3. The first-order valence-electron chi connectivity index (χ1n) is 13.8. The van der Waals surface area contributed by atoms with Gasteiger partial charge in [0.1, 0.15) is 12.3 Å². The van der Waals surface area contributed by atoms with Crippen LogP contribution in [0.4, 0.5) is 0 Å². The first kappa shape index (κ1) is 39.3. The van der Waals surface area contributed by atoms with E-state index in [1.807, 2.05) is 0 Å². The Labute approximate surface area is 278 Å². The Morgan fingerprint density at radius 1 is 0.318 bits per heavy atom. The monoisotopic (exact) mass is 723 g/mol. The Hall–Kier alpha value is -2.77. The van der Waals surface area contributed by atoms with E-state index in [0.29, 0.717) is 0 Å². The summed E-state index contributed by atoms with van der Waals surface area (Å²) < 4.78 is 22.5. The molecule has 0 N–H and O–H groups in total. The van der Waals surface area contributed by atoms with Crippen molar-refractivity contribution in [2.45, 2.75) is 0 Å². The molecule has 5 aromatic carbocycles. The predicted octanol–water partition coefficient (Wildman–Crippen LogP) is 6.14. The molecule has 0 aliphatic rings. The molecule has 0 saturated carbocycles. The van der Waals surface area contributed by atoms with Crippen LogP contribution < -0.4 is 26.5 Å². The quantitative estimate of drug-likeness (QED) is 0.0682. The Balaban J connectivity index is 0.00000130. The average Bonchev–Trinajstić information content (AvgIpc) is 3.12. The van der Waals surface area contributed by atoms with Crippen LogP contribution in [0.15, 0.2) is 152 Å². The molecule has 5 aromatic rings. The molecule has 0 atom stereocenters. The Kier molecular flexibility index (Phi) is 21.9. The zero-order valence-corrected chi connectivity index (χ0v) is 29.1. The van der Waals surface area contributed by atoms with Crippen LogP contribution in [0.2, 0.25) is 0 Å². The molecule has 44 heavy (non-hydrogen) atoms. The van der Waals surface area contributed by atoms with Crippen molar-refractivity contribution in [3.05, 3.63) is 172 Å². The number of hydrogen-bond donors (Lipinski definition) is 0. The molecule has 0 aromatic heterocycles. The van der Waals surface area contributed by atoms with Crippen molar-refractivity contribution in [3.63, 3.8) is 0 Å². The van der Waals surface area contributed by atoms with Gasteiger partial charge in [0.15, 0.2) is 0 Å². The van der Waals surface area contributed by atoms with E-state index in [4.69, 9.17) is 14.0 Å². The SMILES string of the molecule is [C-]#[O+].[C-]#[O+].[C-]#[O+].[Ru+5].c1ccc([PH+](CC[PH+](c2ccccc2)c2ccccc2)CC[PH+](c2ccccc2)c2ccccc2)cc1. The maximum Gasteiger partial charge on any atom is 5.00 e. The summed E-state index contributed by atoms with van der Waals surface area (Å²) in [6.45, 7) is 13.5. The first-order chi connectivity index (χ1) is 21.4. The van der Waals surface area contributed by atoms with Crippen molar-refractivity contribution >= 4 is 50.3 Å². The van der Waals surface area contributed by atoms with Gasteiger partial charge in [-0.1, -0.05) is 91.0 Å². The second-order valence-corrected chi connectivity index (χ2v) is 17.4. The van der Waals surface area contributed by atoms with Gasteiger partial charge in [-0.2, -0.15) is 0 Å². The smallest absolute Gasteiger partial charge is 0.0620 e. The molecule has 0 spiro atoms. The van der Waals surface area contributed by atoms with E-state index in [0.717, 1.165) is 0 Å². The molecule has 0 bridgehead atoms. The molecule has 1 radical (unpaired) electrons. The van der Waals surface area contributed by atoms with Crippen LogP contribution in [0.3, 0.4) is 0 Å². The van der Waals surface area contributed by atoms with Crippen molar-refractivity contribution in [1.29, 1.82) is 0 Å². The molecule has 0 heterocycles. The van der Waals surface area contributed by atoms with E-state index in [1.54, 1.807) is 5.30 Å². The van der Waals surface area contributed by atoms with E-state index < -0.39 is 23.8 Å². The van der Waals surface area contributed by atoms with Crippen molar-refractivity contribution < 1.29 is 33.4 Å². The molecule has 7 heteroatoms. The minimum Gasteiger partial charge on any atom is -0.0620 e. The van der Waals surface area contributed by atoms with Crippen LogP contribution in [-0.4, -0.2) is 24.6 Å². The van der Waals surface area contributed by atoms with Crippen LogP contribution in [0.25, 0.3) is 0 Å². The van der Waals surface area contributed by atoms with Gasteiger partial charge >= 0.3 is 53.4 Å². The van der Waals surface area contributed by atoms with Gasteiger partial charge in [0.2, 0.25) is 0 Å². The van der Waals surface area contributed by atoms with Gasteiger partial charge in [0.25, 0.3) is 0 Å². The van der Waals surface area contributed by atoms with Crippen LogP contribution in [0.1, 0.15) is 0 Å². The summed E-state index contributed by atoms with van der Waals surface area (Å²) in [5, 5.41) is 7.73. The fraction of sp³-hybridized carbons (Fsp3) is 0.108. The van der Waals surface area contributed by atoms with E-state index in [-0.39, 0.29) is 19.5 Å². The van der Waals surface area contributed by atoms with Crippen LogP contribution >= 0.6 is 23.8 Å². The van der Waals surface area contributed by atoms with Gasteiger partial charge in [0, 0.05) is 7.92 Å². The zero-order chi connectivity index (χ0) is 31.1. The van der Waals surface area contributed by atoms with E-state index in [9.17, 15) is 0 Å². The van der Waals surface area contributed by atoms with Gasteiger partial charge < -0.3 is 0 Å². The second kappa shape index (κ2) is 24.5. The van der Waals surface area contributed by atoms with Gasteiger partial charge in [-0.25, -0.2) is 0 Å². The topological polar surface area (TPSA) is 59.7 Å². The number of rotatable bonds is 11. The molecule has 0 aliphatic heterocycles. The molecule has 5 rings (SSSR count). The molecule has 0 unspecified atom stereocenters. The van der Waals surface area contributed by atoms with Gasteiger partial charge in [-0.05, 0) is 60.7 Å². The number of benzene rings is 5. The summed E-state index contributed by atoms with van der Waals surface area (Å²) >= 11 is 0. The summed E-state index contributed by atoms with van der Waals surface area (Å²) in [5.74, 6) is 0. The fourth-order valence-corrected chi connectivity index (χ4v) is 15.2. The minimum atomic E-state index is -0.809. The molecule has 0 amide bonds. The summed E-state index contributed by atoms with van der Waals surface area (Å²) in [6.07, 6.45) is 5.23. The molecule has 0 fully saturated rings. The molecular weight excluding hydrogens is 686 g/mol. The van der Waals surface area contributed by atoms with Crippen LogP contribution in [0.5, 0.6) is 0 Å². The Bertz CT molecular complexity index is 1290. The predicted molar refractivity (Wildman–Crippen MR) is 187 cm³/mol. The molecular formula is C37H36O3P3Ru+8. The van der Waals surface area contributed by atoms with E-state index in [1.165, 1.54) is 45.9 Å². The Morgan fingerprint density at radius 2 is 0.523 bits per heavy atom. The average molecular weight is 723 g/mol. The van der Waals surface area contributed by atoms with E-state index in [2.05, 4.69) is 172 Å². The Morgan fingerprint density at radius 3 is 0.750 bits per heavy atom. The molecule has 3 nitrogen and oxygen atoms in total. The molecule has 217 valence electrons. The second-order valence-electron chi connectivity index (χ2n) is 9.39. The van der Waals surface area contributed by atoms with Gasteiger partial charge in [0.05, 0.1) is 54.7 Å². The fourth-order valence-electron chi connectivity index (χ4n) is 5.11. The molecule has 0 saturated heterocycles. The van der Waals surface area contributed by atoms with Gasteiger partial charge in [-0.3, -0.25) is 0 Å². The zero-order valence-electron chi connectivity index (χ0n) is 24.3. The van der Waals surface area contributed by atoms with Crippen molar-refractivity contribution in [2.24, 2.45) is 0 Å². The van der Waals surface area contributed by atoms with Crippen LogP contribution in [0, 0.1) is 20.0 Å².